The first-order valence-corrected chi connectivity index (χ1v) is 4.82. The predicted octanol–water partition coefficient (Wildman–Crippen LogP) is 1.27. The maximum atomic E-state index is 11.3. The van der Waals surface area contributed by atoms with Crippen molar-refractivity contribution in [2.45, 2.75) is 26.7 Å². The zero-order valence-corrected chi connectivity index (χ0v) is 8.91. The Morgan fingerprint density at radius 3 is 2.93 bits per heavy atom. The van der Waals surface area contributed by atoms with E-state index >= 15 is 0 Å². The van der Waals surface area contributed by atoms with E-state index in [-0.39, 0.29) is 5.56 Å². The quantitative estimate of drug-likeness (QED) is 0.681. The zero-order chi connectivity index (χ0) is 10.6. The molecule has 0 radical (unpaired) electrons. The molecular formula is C10H16N2O2. The molecule has 0 aliphatic carbocycles. The Hall–Kier alpha value is -1.32. The van der Waals surface area contributed by atoms with Crippen molar-refractivity contribution >= 4 is 0 Å². The molecule has 0 amide bonds. The van der Waals surface area contributed by atoms with Crippen LogP contribution in [-0.2, 0) is 7.05 Å². The summed E-state index contributed by atoms with van der Waals surface area (Å²) in [6, 6.07) is 1.90. The molecule has 0 aliphatic heterocycles. The fourth-order valence-electron chi connectivity index (χ4n) is 1.06. The summed E-state index contributed by atoms with van der Waals surface area (Å²) < 4.78 is 6.81. The van der Waals surface area contributed by atoms with Gasteiger partial charge in [-0.3, -0.25) is 9.36 Å². The molecule has 1 aromatic heterocycles. The van der Waals surface area contributed by atoms with E-state index in [9.17, 15) is 4.79 Å². The van der Waals surface area contributed by atoms with Gasteiger partial charge >= 0.3 is 0 Å². The third kappa shape index (κ3) is 2.58. The van der Waals surface area contributed by atoms with E-state index < -0.39 is 0 Å². The average molecular weight is 196 g/mol. The molecule has 1 rings (SSSR count). The summed E-state index contributed by atoms with van der Waals surface area (Å²) in [5.41, 5.74) is 0.614. The summed E-state index contributed by atoms with van der Waals surface area (Å²) in [6.07, 6.45) is 2.05. The minimum absolute atomic E-state index is 0.0796. The van der Waals surface area contributed by atoms with Crippen LogP contribution < -0.4 is 10.3 Å². The third-order valence-corrected chi connectivity index (χ3v) is 1.95. The number of hydrogen-bond acceptors (Lipinski definition) is 3. The smallest absolute Gasteiger partial charge is 0.299 e. The molecule has 78 valence electrons. The van der Waals surface area contributed by atoms with Crippen LogP contribution in [0.25, 0.3) is 0 Å². The molecule has 0 spiro atoms. The van der Waals surface area contributed by atoms with Crippen molar-refractivity contribution in [2.24, 2.45) is 7.05 Å². The second-order valence-electron chi connectivity index (χ2n) is 3.28. The van der Waals surface area contributed by atoms with E-state index in [1.807, 2.05) is 0 Å². The molecule has 0 unspecified atom stereocenters. The van der Waals surface area contributed by atoms with Crippen molar-refractivity contribution in [1.82, 2.24) is 9.55 Å². The first-order chi connectivity index (χ1) is 6.65. The lowest BCUT2D eigenvalue weighted by atomic mass is 10.4. The highest BCUT2D eigenvalue weighted by Crippen LogP contribution is 2.03. The topological polar surface area (TPSA) is 44.1 Å². The monoisotopic (exact) mass is 196 g/mol. The molecule has 1 aromatic rings. The van der Waals surface area contributed by atoms with E-state index in [1.54, 1.807) is 14.0 Å². The molecule has 0 N–H and O–H groups in total. The van der Waals surface area contributed by atoms with Gasteiger partial charge in [0, 0.05) is 18.8 Å². The highest BCUT2D eigenvalue weighted by molar-refractivity contribution is 5.05. The van der Waals surface area contributed by atoms with Gasteiger partial charge in [0.15, 0.2) is 0 Å². The van der Waals surface area contributed by atoms with Crippen molar-refractivity contribution in [1.29, 1.82) is 0 Å². The number of rotatable bonds is 4. The highest BCUT2D eigenvalue weighted by atomic mass is 16.5. The van der Waals surface area contributed by atoms with Crippen LogP contribution in [0.4, 0.5) is 0 Å². The molecule has 0 saturated heterocycles. The summed E-state index contributed by atoms with van der Waals surface area (Å²) in [7, 11) is 1.66. The lowest BCUT2D eigenvalue weighted by Gasteiger charge is -2.08. The van der Waals surface area contributed by atoms with E-state index in [2.05, 4.69) is 11.9 Å². The molecule has 4 nitrogen and oxygen atoms in total. The summed E-state index contributed by atoms with van der Waals surface area (Å²) in [6.45, 7) is 4.49. The van der Waals surface area contributed by atoms with Crippen molar-refractivity contribution in [3.8, 4) is 6.01 Å². The van der Waals surface area contributed by atoms with Crippen LogP contribution in [-0.4, -0.2) is 16.2 Å². The molecule has 0 bridgehead atoms. The fourth-order valence-corrected chi connectivity index (χ4v) is 1.06. The van der Waals surface area contributed by atoms with Gasteiger partial charge in [-0.2, -0.15) is 0 Å². The van der Waals surface area contributed by atoms with E-state index in [0.717, 1.165) is 12.8 Å². The molecule has 0 atom stereocenters. The lowest BCUT2D eigenvalue weighted by molar-refractivity contribution is 0.270. The molecule has 0 aliphatic rings. The minimum atomic E-state index is -0.0796. The maximum absolute atomic E-state index is 11.3. The second-order valence-corrected chi connectivity index (χ2v) is 3.28. The van der Waals surface area contributed by atoms with Gasteiger partial charge in [-0.15, -0.1) is 0 Å². The summed E-state index contributed by atoms with van der Waals surface area (Å²) >= 11 is 0. The molecule has 0 aromatic carbocycles. The Labute approximate surface area is 83.5 Å². The van der Waals surface area contributed by atoms with Gasteiger partial charge in [0.25, 0.3) is 11.6 Å². The number of hydrogen-bond donors (Lipinski definition) is 0. The maximum Gasteiger partial charge on any atom is 0.299 e. The van der Waals surface area contributed by atoms with Crippen LogP contribution in [0, 0.1) is 6.92 Å². The predicted molar refractivity (Wildman–Crippen MR) is 54.6 cm³/mol. The molecular weight excluding hydrogens is 180 g/mol. The Bertz CT molecular complexity index is 358. The van der Waals surface area contributed by atoms with E-state index in [1.165, 1.54) is 10.6 Å². The number of ether oxygens (including phenoxy) is 1. The van der Waals surface area contributed by atoms with Gasteiger partial charge in [-0.1, -0.05) is 13.3 Å². The molecule has 0 fully saturated rings. The van der Waals surface area contributed by atoms with Gasteiger partial charge < -0.3 is 4.74 Å². The van der Waals surface area contributed by atoms with Gasteiger partial charge in [-0.05, 0) is 13.3 Å². The average Bonchev–Trinajstić information content (AvgIpc) is 2.13. The van der Waals surface area contributed by atoms with Crippen LogP contribution in [0.5, 0.6) is 6.01 Å². The van der Waals surface area contributed by atoms with Crippen LogP contribution in [0.1, 0.15) is 25.5 Å². The first kappa shape index (κ1) is 10.8. The van der Waals surface area contributed by atoms with Crippen molar-refractivity contribution < 1.29 is 4.74 Å². The second kappa shape index (κ2) is 4.79. The summed E-state index contributed by atoms with van der Waals surface area (Å²) in [4.78, 5) is 15.5. The Kier molecular flexibility index (Phi) is 3.68. The fraction of sp³-hybridized carbons (Fsp3) is 0.600. The molecule has 4 heteroatoms. The number of aryl methyl sites for hydroxylation is 1. The van der Waals surface area contributed by atoms with Crippen molar-refractivity contribution in [3.05, 3.63) is 22.1 Å². The van der Waals surface area contributed by atoms with Gasteiger partial charge in [-0.25, -0.2) is 4.98 Å². The summed E-state index contributed by atoms with van der Waals surface area (Å²) in [5, 5.41) is 0. The van der Waals surface area contributed by atoms with E-state index in [0.29, 0.717) is 18.3 Å². The van der Waals surface area contributed by atoms with E-state index in [4.69, 9.17) is 4.74 Å². The third-order valence-electron chi connectivity index (χ3n) is 1.95. The molecule has 14 heavy (non-hydrogen) atoms. The van der Waals surface area contributed by atoms with Gasteiger partial charge in [0.05, 0.1) is 6.61 Å². The largest absolute Gasteiger partial charge is 0.465 e. The van der Waals surface area contributed by atoms with Gasteiger partial charge in [0.1, 0.15) is 0 Å². The Balaban J connectivity index is 2.80. The van der Waals surface area contributed by atoms with Crippen LogP contribution in [0.2, 0.25) is 0 Å². The lowest BCUT2D eigenvalue weighted by Crippen LogP contribution is -2.20. The standard InChI is InChI=1S/C10H16N2O2/c1-4-5-6-14-10-11-8(2)7-9(13)12(10)3/h7H,4-6H2,1-3H3. The minimum Gasteiger partial charge on any atom is -0.465 e. The first-order valence-electron chi connectivity index (χ1n) is 4.82. The van der Waals surface area contributed by atoms with Crippen LogP contribution >= 0.6 is 0 Å². The zero-order valence-electron chi connectivity index (χ0n) is 8.91. The normalized spacial score (nSPS) is 10.2. The van der Waals surface area contributed by atoms with Crippen LogP contribution in [0.3, 0.4) is 0 Å². The summed E-state index contributed by atoms with van der Waals surface area (Å²) in [5.74, 6) is 0. The van der Waals surface area contributed by atoms with Crippen LogP contribution in [0.15, 0.2) is 10.9 Å². The molecule has 0 saturated carbocycles. The van der Waals surface area contributed by atoms with Gasteiger partial charge in [0.2, 0.25) is 0 Å². The SMILES string of the molecule is CCCCOc1nc(C)cc(=O)n1C. The number of aromatic nitrogens is 2. The Morgan fingerprint density at radius 2 is 2.29 bits per heavy atom. The van der Waals surface area contributed by atoms with Crippen molar-refractivity contribution in [2.75, 3.05) is 6.61 Å². The van der Waals surface area contributed by atoms with Crippen molar-refractivity contribution in [3.63, 3.8) is 0 Å². The highest BCUT2D eigenvalue weighted by Gasteiger charge is 2.03. The molecule has 1 heterocycles. The number of nitrogens with zero attached hydrogens (tertiary/aromatic N) is 2. The Morgan fingerprint density at radius 1 is 1.57 bits per heavy atom. The number of unbranched alkanes of at least 4 members (excludes halogenated alkanes) is 1.